The summed E-state index contributed by atoms with van der Waals surface area (Å²) in [5.41, 5.74) is 2.62. The topological polar surface area (TPSA) is 78.1 Å². The number of carbonyl (C=O) groups excluding carboxylic acids is 1. The van der Waals surface area contributed by atoms with Crippen molar-refractivity contribution in [2.45, 2.75) is 19.0 Å². The van der Waals surface area contributed by atoms with Crippen LogP contribution in [0.25, 0.3) is 10.2 Å². The van der Waals surface area contributed by atoms with Crippen molar-refractivity contribution in [1.82, 2.24) is 9.97 Å². The van der Waals surface area contributed by atoms with E-state index in [1.807, 2.05) is 57.1 Å². The Bertz CT molecular complexity index is 1010. The lowest BCUT2D eigenvalue weighted by molar-refractivity contribution is -0.113. The van der Waals surface area contributed by atoms with Crippen LogP contribution in [0.4, 0.5) is 11.4 Å². The molecule has 0 atom stereocenters. The third-order valence-electron chi connectivity index (χ3n) is 4.02. The molecule has 0 fully saturated rings. The molecule has 0 saturated heterocycles. The number of thioether (sulfide) groups is 1. The van der Waals surface area contributed by atoms with Crippen LogP contribution in [0, 0.1) is 13.8 Å². The number of fused-ring (bicyclic) bond motifs is 1. The molecular formula is C18H20N4O2S2. The van der Waals surface area contributed by atoms with E-state index in [2.05, 4.69) is 15.3 Å². The first-order valence-corrected chi connectivity index (χ1v) is 9.85. The van der Waals surface area contributed by atoms with E-state index in [1.165, 1.54) is 23.1 Å². The summed E-state index contributed by atoms with van der Waals surface area (Å²) in [5.74, 6) is 0.0293. The van der Waals surface area contributed by atoms with Gasteiger partial charge in [0, 0.05) is 30.3 Å². The molecule has 0 bridgehead atoms. The lowest BCUT2D eigenvalue weighted by Crippen LogP contribution is -2.15. The van der Waals surface area contributed by atoms with Gasteiger partial charge in [0.2, 0.25) is 5.91 Å². The summed E-state index contributed by atoms with van der Waals surface area (Å²) in [6.07, 6.45) is 0. The van der Waals surface area contributed by atoms with Crippen molar-refractivity contribution < 1.29 is 4.79 Å². The Balaban J connectivity index is 1.66. The molecule has 0 unspecified atom stereocenters. The number of rotatable bonds is 5. The fourth-order valence-electron chi connectivity index (χ4n) is 2.48. The number of anilines is 2. The summed E-state index contributed by atoms with van der Waals surface area (Å²) >= 11 is 2.72. The number of aromatic nitrogens is 2. The molecule has 1 amide bonds. The van der Waals surface area contributed by atoms with Crippen molar-refractivity contribution in [3.05, 3.63) is 45.1 Å². The van der Waals surface area contributed by atoms with Gasteiger partial charge in [0.1, 0.15) is 4.83 Å². The van der Waals surface area contributed by atoms with Gasteiger partial charge < -0.3 is 15.2 Å². The molecule has 1 aromatic carbocycles. The number of aryl methyl sites for hydroxylation is 2. The summed E-state index contributed by atoms with van der Waals surface area (Å²) in [5, 5.41) is 3.95. The monoisotopic (exact) mass is 388 g/mol. The molecule has 136 valence electrons. The lowest BCUT2D eigenvalue weighted by atomic mass is 10.2. The number of nitrogens with one attached hydrogen (secondary N) is 2. The van der Waals surface area contributed by atoms with Crippen LogP contribution < -0.4 is 15.8 Å². The predicted octanol–water partition coefficient (Wildman–Crippen LogP) is 3.40. The smallest absolute Gasteiger partial charge is 0.260 e. The minimum absolute atomic E-state index is 0.145. The number of benzene rings is 1. The molecule has 0 radical (unpaired) electrons. The molecule has 2 aromatic heterocycles. The second-order valence-corrected chi connectivity index (χ2v) is 8.28. The highest BCUT2D eigenvalue weighted by Gasteiger charge is 2.13. The average molecular weight is 389 g/mol. The number of aromatic amines is 1. The number of hydrogen-bond acceptors (Lipinski definition) is 6. The highest BCUT2D eigenvalue weighted by Crippen LogP contribution is 2.27. The van der Waals surface area contributed by atoms with Gasteiger partial charge in [-0.25, -0.2) is 4.98 Å². The van der Waals surface area contributed by atoms with E-state index < -0.39 is 0 Å². The number of H-pyrrole nitrogens is 1. The first-order valence-electron chi connectivity index (χ1n) is 8.05. The molecule has 26 heavy (non-hydrogen) atoms. The molecule has 0 aliphatic rings. The molecule has 0 spiro atoms. The maximum absolute atomic E-state index is 12.2. The van der Waals surface area contributed by atoms with E-state index in [9.17, 15) is 9.59 Å². The Hall–Kier alpha value is -2.32. The van der Waals surface area contributed by atoms with Gasteiger partial charge in [-0.15, -0.1) is 11.3 Å². The van der Waals surface area contributed by atoms with Crippen molar-refractivity contribution in [2.24, 2.45) is 0 Å². The highest BCUT2D eigenvalue weighted by molar-refractivity contribution is 7.99. The summed E-state index contributed by atoms with van der Waals surface area (Å²) in [7, 11) is 3.93. The van der Waals surface area contributed by atoms with Gasteiger partial charge in [-0.3, -0.25) is 9.59 Å². The molecular weight excluding hydrogens is 368 g/mol. The van der Waals surface area contributed by atoms with E-state index in [0.29, 0.717) is 15.4 Å². The zero-order valence-electron chi connectivity index (χ0n) is 15.0. The second-order valence-electron chi connectivity index (χ2n) is 6.11. The van der Waals surface area contributed by atoms with Gasteiger partial charge in [0.15, 0.2) is 5.16 Å². The molecule has 3 aromatic rings. The summed E-state index contributed by atoms with van der Waals surface area (Å²) in [6.45, 7) is 3.90. The van der Waals surface area contributed by atoms with Crippen LogP contribution in [0.2, 0.25) is 0 Å². The number of thiophene rings is 1. The highest BCUT2D eigenvalue weighted by atomic mass is 32.2. The van der Waals surface area contributed by atoms with Crippen LogP contribution in [-0.2, 0) is 4.79 Å². The van der Waals surface area contributed by atoms with Crippen molar-refractivity contribution in [3.63, 3.8) is 0 Å². The van der Waals surface area contributed by atoms with Crippen molar-refractivity contribution >= 4 is 50.6 Å². The van der Waals surface area contributed by atoms with E-state index in [0.717, 1.165) is 21.8 Å². The standard InChI is InChI=1S/C18H20N4O2S2/c1-10-11(2)26-17-15(10)16(24)20-18(21-17)25-9-14(23)19-12-5-7-13(8-6-12)22(3)4/h5-8H,9H2,1-4H3,(H,19,23)(H,20,21,24). The molecule has 6 nitrogen and oxygen atoms in total. The van der Waals surface area contributed by atoms with Crippen LogP contribution in [0.15, 0.2) is 34.2 Å². The Morgan fingerprint density at radius 2 is 1.96 bits per heavy atom. The Morgan fingerprint density at radius 3 is 2.62 bits per heavy atom. The van der Waals surface area contributed by atoms with E-state index in [4.69, 9.17) is 0 Å². The fourth-order valence-corrected chi connectivity index (χ4v) is 4.23. The van der Waals surface area contributed by atoms with E-state index in [1.54, 1.807) is 0 Å². The lowest BCUT2D eigenvalue weighted by Gasteiger charge is -2.13. The van der Waals surface area contributed by atoms with E-state index in [-0.39, 0.29) is 17.2 Å². The second kappa shape index (κ2) is 7.51. The van der Waals surface area contributed by atoms with Crippen LogP contribution in [0.1, 0.15) is 10.4 Å². The first-order chi connectivity index (χ1) is 12.3. The maximum Gasteiger partial charge on any atom is 0.260 e. The number of nitrogens with zero attached hydrogens (tertiary/aromatic N) is 2. The minimum atomic E-state index is -0.154. The van der Waals surface area contributed by atoms with Crippen molar-refractivity contribution in [1.29, 1.82) is 0 Å². The first kappa shape index (κ1) is 18.5. The van der Waals surface area contributed by atoms with Gasteiger partial charge in [-0.2, -0.15) is 0 Å². The molecule has 3 rings (SSSR count). The average Bonchev–Trinajstić information content (AvgIpc) is 2.88. The summed E-state index contributed by atoms with van der Waals surface area (Å²) < 4.78 is 0. The van der Waals surface area contributed by atoms with Crippen LogP contribution >= 0.6 is 23.1 Å². The zero-order chi connectivity index (χ0) is 18.8. The number of hydrogen-bond donors (Lipinski definition) is 2. The predicted molar refractivity (Wildman–Crippen MR) is 110 cm³/mol. The Morgan fingerprint density at radius 1 is 1.27 bits per heavy atom. The third-order valence-corrected chi connectivity index (χ3v) is 6.00. The number of amides is 1. The zero-order valence-corrected chi connectivity index (χ0v) is 16.7. The fraction of sp³-hybridized carbons (Fsp3) is 0.278. The van der Waals surface area contributed by atoms with Gasteiger partial charge in [-0.1, -0.05) is 11.8 Å². The van der Waals surface area contributed by atoms with Crippen LogP contribution in [0.3, 0.4) is 0 Å². The van der Waals surface area contributed by atoms with Gasteiger partial charge in [-0.05, 0) is 43.7 Å². The van der Waals surface area contributed by atoms with Gasteiger partial charge in [0.25, 0.3) is 5.56 Å². The Labute approximate surface area is 159 Å². The quantitative estimate of drug-likeness (QED) is 0.517. The summed E-state index contributed by atoms with van der Waals surface area (Å²) in [4.78, 5) is 35.4. The maximum atomic E-state index is 12.2. The molecule has 8 heteroatoms. The SMILES string of the molecule is Cc1sc2nc(SCC(=O)Nc3ccc(N(C)C)cc3)[nH]c(=O)c2c1C. The molecule has 2 N–H and O–H groups in total. The number of carbonyl (C=O) groups is 1. The largest absolute Gasteiger partial charge is 0.378 e. The molecule has 0 aliphatic heterocycles. The van der Waals surface area contributed by atoms with Crippen LogP contribution in [0.5, 0.6) is 0 Å². The third kappa shape index (κ3) is 3.91. The van der Waals surface area contributed by atoms with Gasteiger partial charge in [0.05, 0.1) is 11.1 Å². The molecule has 2 heterocycles. The normalized spacial score (nSPS) is 10.9. The Kier molecular flexibility index (Phi) is 5.33. The molecule has 0 saturated carbocycles. The van der Waals surface area contributed by atoms with Crippen molar-refractivity contribution in [3.8, 4) is 0 Å². The minimum Gasteiger partial charge on any atom is -0.378 e. The molecule has 0 aliphatic carbocycles. The van der Waals surface area contributed by atoms with Gasteiger partial charge >= 0.3 is 0 Å². The van der Waals surface area contributed by atoms with Crippen molar-refractivity contribution in [2.75, 3.05) is 30.1 Å². The van der Waals surface area contributed by atoms with Crippen LogP contribution in [-0.4, -0.2) is 35.7 Å². The van der Waals surface area contributed by atoms with E-state index >= 15 is 0 Å². The summed E-state index contributed by atoms with van der Waals surface area (Å²) in [6, 6.07) is 7.61.